The standard InChI is InChI=1S/C16H28N2O3/c1-20-11-10-18-14-6-8-17(13-4-2-3-5-13)9-7-15(14)21-12-16(18)19/h13-15H,2-12H2,1H3/t14-,15-/m0/s1. The van der Waals surface area contributed by atoms with Crippen LogP contribution in [0.3, 0.4) is 0 Å². The van der Waals surface area contributed by atoms with Gasteiger partial charge in [0, 0.05) is 32.8 Å². The van der Waals surface area contributed by atoms with Gasteiger partial charge in [0.2, 0.25) is 5.91 Å². The fourth-order valence-electron chi connectivity index (χ4n) is 4.19. The van der Waals surface area contributed by atoms with Crippen molar-refractivity contribution in [2.45, 2.75) is 56.7 Å². The van der Waals surface area contributed by atoms with Crippen LogP contribution < -0.4 is 0 Å². The van der Waals surface area contributed by atoms with E-state index in [0.717, 1.165) is 32.0 Å². The number of nitrogens with zero attached hydrogens (tertiary/aromatic N) is 2. The number of methoxy groups -OCH3 is 1. The molecule has 2 saturated heterocycles. The van der Waals surface area contributed by atoms with Crippen molar-refractivity contribution in [2.75, 3.05) is 40.0 Å². The molecule has 1 amide bonds. The Labute approximate surface area is 127 Å². The maximum absolute atomic E-state index is 12.1. The van der Waals surface area contributed by atoms with Crippen LogP contribution in [0.25, 0.3) is 0 Å². The van der Waals surface area contributed by atoms with Gasteiger partial charge < -0.3 is 19.3 Å². The van der Waals surface area contributed by atoms with Crippen LogP contribution in [0.5, 0.6) is 0 Å². The van der Waals surface area contributed by atoms with Gasteiger partial charge >= 0.3 is 0 Å². The van der Waals surface area contributed by atoms with E-state index >= 15 is 0 Å². The molecule has 2 heterocycles. The van der Waals surface area contributed by atoms with Crippen LogP contribution in [-0.2, 0) is 14.3 Å². The topological polar surface area (TPSA) is 42.0 Å². The Balaban J connectivity index is 1.64. The summed E-state index contributed by atoms with van der Waals surface area (Å²) < 4.78 is 11.0. The number of hydrogen-bond acceptors (Lipinski definition) is 4. The Morgan fingerprint density at radius 1 is 1.19 bits per heavy atom. The molecule has 2 aliphatic heterocycles. The van der Waals surface area contributed by atoms with E-state index in [1.54, 1.807) is 7.11 Å². The Kier molecular flexibility index (Phi) is 5.14. The molecule has 0 spiro atoms. The molecular formula is C16H28N2O3. The highest BCUT2D eigenvalue weighted by Gasteiger charge is 2.39. The van der Waals surface area contributed by atoms with Crippen LogP contribution in [0.4, 0.5) is 0 Å². The molecule has 5 nitrogen and oxygen atoms in total. The third kappa shape index (κ3) is 3.41. The fraction of sp³-hybridized carbons (Fsp3) is 0.938. The second-order valence-electron chi connectivity index (χ2n) is 6.55. The monoisotopic (exact) mass is 296 g/mol. The first-order chi connectivity index (χ1) is 10.3. The second kappa shape index (κ2) is 7.07. The van der Waals surface area contributed by atoms with Gasteiger partial charge in [-0.05, 0) is 25.7 Å². The molecule has 1 saturated carbocycles. The van der Waals surface area contributed by atoms with Crippen LogP contribution in [0.1, 0.15) is 38.5 Å². The zero-order chi connectivity index (χ0) is 14.7. The SMILES string of the molecule is COCCN1C(=O)CO[C@H]2CCN(C3CCCC3)CC[C@@H]21. The molecule has 3 rings (SSSR count). The maximum Gasteiger partial charge on any atom is 0.249 e. The molecule has 3 fully saturated rings. The Hall–Kier alpha value is -0.650. The minimum absolute atomic E-state index is 0.127. The predicted octanol–water partition coefficient (Wildman–Crippen LogP) is 1.27. The molecule has 0 aromatic carbocycles. The van der Waals surface area contributed by atoms with E-state index in [4.69, 9.17) is 9.47 Å². The van der Waals surface area contributed by atoms with Crippen molar-refractivity contribution < 1.29 is 14.3 Å². The average Bonchev–Trinajstić information content (AvgIpc) is 2.94. The van der Waals surface area contributed by atoms with Gasteiger partial charge in [0.1, 0.15) is 6.61 Å². The lowest BCUT2D eigenvalue weighted by atomic mass is 10.0. The van der Waals surface area contributed by atoms with Crippen LogP contribution in [-0.4, -0.2) is 73.9 Å². The molecule has 120 valence electrons. The third-order valence-corrected chi connectivity index (χ3v) is 5.36. The molecule has 0 aromatic heterocycles. The van der Waals surface area contributed by atoms with Crippen LogP contribution in [0, 0.1) is 0 Å². The molecule has 5 heteroatoms. The highest BCUT2D eigenvalue weighted by Crippen LogP contribution is 2.29. The number of carbonyl (C=O) groups is 1. The number of ether oxygens (including phenoxy) is 2. The summed E-state index contributed by atoms with van der Waals surface area (Å²) in [6.45, 7) is 3.78. The summed E-state index contributed by atoms with van der Waals surface area (Å²) in [5.41, 5.74) is 0. The van der Waals surface area contributed by atoms with Crippen LogP contribution in [0.2, 0.25) is 0 Å². The summed E-state index contributed by atoms with van der Waals surface area (Å²) in [5.74, 6) is 0.127. The Morgan fingerprint density at radius 2 is 1.95 bits per heavy atom. The van der Waals surface area contributed by atoms with Gasteiger partial charge in [-0.15, -0.1) is 0 Å². The summed E-state index contributed by atoms with van der Waals surface area (Å²) in [5, 5.41) is 0. The molecule has 0 unspecified atom stereocenters. The molecular weight excluding hydrogens is 268 g/mol. The third-order valence-electron chi connectivity index (χ3n) is 5.36. The Morgan fingerprint density at radius 3 is 2.71 bits per heavy atom. The van der Waals surface area contributed by atoms with E-state index in [1.165, 1.54) is 25.7 Å². The summed E-state index contributed by atoms with van der Waals surface area (Å²) in [6, 6.07) is 1.01. The number of morpholine rings is 1. The molecule has 0 bridgehead atoms. The van der Waals surface area contributed by atoms with Gasteiger partial charge in [0.15, 0.2) is 0 Å². The smallest absolute Gasteiger partial charge is 0.249 e. The molecule has 3 aliphatic rings. The number of hydrogen-bond donors (Lipinski definition) is 0. The number of rotatable bonds is 4. The van der Waals surface area contributed by atoms with Crippen molar-refractivity contribution in [3.8, 4) is 0 Å². The lowest BCUT2D eigenvalue weighted by Gasteiger charge is -2.40. The average molecular weight is 296 g/mol. The Bertz CT molecular complexity index is 357. The number of amides is 1. The van der Waals surface area contributed by atoms with E-state index in [2.05, 4.69) is 4.90 Å². The van der Waals surface area contributed by atoms with E-state index < -0.39 is 0 Å². The summed E-state index contributed by atoms with van der Waals surface area (Å²) >= 11 is 0. The van der Waals surface area contributed by atoms with Gasteiger partial charge in [-0.25, -0.2) is 0 Å². The van der Waals surface area contributed by atoms with Gasteiger partial charge in [0.05, 0.1) is 18.8 Å². The van der Waals surface area contributed by atoms with E-state index in [-0.39, 0.29) is 24.7 Å². The van der Waals surface area contributed by atoms with Crippen molar-refractivity contribution >= 4 is 5.91 Å². The van der Waals surface area contributed by atoms with E-state index in [9.17, 15) is 4.79 Å². The van der Waals surface area contributed by atoms with Crippen molar-refractivity contribution in [3.05, 3.63) is 0 Å². The van der Waals surface area contributed by atoms with Crippen molar-refractivity contribution in [3.63, 3.8) is 0 Å². The van der Waals surface area contributed by atoms with Gasteiger partial charge in [0.25, 0.3) is 0 Å². The van der Waals surface area contributed by atoms with E-state index in [1.807, 2.05) is 4.90 Å². The fourth-order valence-corrected chi connectivity index (χ4v) is 4.19. The summed E-state index contributed by atoms with van der Waals surface area (Å²) in [7, 11) is 1.69. The molecule has 21 heavy (non-hydrogen) atoms. The van der Waals surface area contributed by atoms with Crippen molar-refractivity contribution in [2.24, 2.45) is 0 Å². The van der Waals surface area contributed by atoms with Crippen LogP contribution in [0.15, 0.2) is 0 Å². The molecule has 0 radical (unpaired) electrons. The van der Waals surface area contributed by atoms with Gasteiger partial charge in [-0.2, -0.15) is 0 Å². The molecule has 0 aromatic rings. The first-order valence-electron chi connectivity index (χ1n) is 8.43. The number of carbonyl (C=O) groups excluding carboxylic acids is 1. The lowest BCUT2D eigenvalue weighted by molar-refractivity contribution is -0.158. The molecule has 0 N–H and O–H groups in total. The highest BCUT2D eigenvalue weighted by atomic mass is 16.5. The van der Waals surface area contributed by atoms with Gasteiger partial charge in [-0.1, -0.05) is 12.8 Å². The zero-order valence-corrected chi connectivity index (χ0v) is 13.1. The van der Waals surface area contributed by atoms with Gasteiger partial charge in [-0.3, -0.25) is 4.79 Å². The maximum atomic E-state index is 12.1. The minimum atomic E-state index is 0.127. The largest absolute Gasteiger partial charge is 0.383 e. The first kappa shape index (κ1) is 15.3. The minimum Gasteiger partial charge on any atom is -0.383 e. The summed E-state index contributed by atoms with van der Waals surface area (Å²) in [4.78, 5) is 16.8. The van der Waals surface area contributed by atoms with Crippen molar-refractivity contribution in [1.82, 2.24) is 9.80 Å². The predicted molar refractivity (Wildman–Crippen MR) is 80.2 cm³/mol. The summed E-state index contributed by atoms with van der Waals surface area (Å²) in [6.07, 6.45) is 7.76. The zero-order valence-electron chi connectivity index (χ0n) is 13.1. The first-order valence-corrected chi connectivity index (χ1v) is 8.43. The second-order valence-corrected chi connectivity index (χ2v) is 6.55. The molecule has 2 atom stereocenters. The van der Waals surface area contributed by atoms with E-state index in [0.29, 0.717) is 13.2 Å². The van der Waals surface area contributed by atoms with Crippen LogP contribution >= 0.6 is 0 Å². The highest BCUT2D eigenvalue weighted by molar-refractivity contribution is 5.78. The number of fused-ring (bicyclic) bond motifs is 1. The quantitative estimate of drug-likeness (QED) is 0.783. The molecule has 1 aliphatic carbocycles. The van der Waals surface area contributed by atoms with Crippen molar-refractivity contribution in [1.29, 1.82) is 0 Å². The normalized spacial score (nSPS) is 32.2. The lowest BCUT2D eigenvalue weighted by Crippen LogP contribution is -2.55. The number of likely N-dealkylation sites (tertiary alicyclic amines) is 1.